The summed E-state index contributed by atoms with van der Waals surface area (Å²) in [6.45, 7) is 8.50. The minimum atomic E-state index is -1.70. The van der Waals surface area contributed by atoms with E-state index in [0.717, 1.165) is 43.6 Å². The van der Waals surface area contributed by atoms with Crippen molar-refractivity contribution in [1.82, 2.24) is 47.5 Å². The number of para-hydroxylation sites is 1. The maximum atomic E-state index is 14.9. The second-order valence-corrected chi connectivity index (χ2v) is 23.1. The number of hydrogen-bond donors (Lipinski definition) is 13. The number of aromatic nitrogens is 1. The molecular formula is C53H71N11O10S2. The minimum absolute atomic E-state index is 0.0157. The lowest BCUT2D eigenvalue weighted by atomic mass is 9.95. The molecule has 410 valence electrons. The third-order valence-corrected chi connectivity index (χ3v) is 16.7. The van der Waals surface area contributed by atoms with Crippen molar-refractivity contribution in [2.45, 2.75) is 139 Å². The highest BCUT2D eigenvalue weighted by Crippen LogP contribution is 2.39. The van der Waals surface area contributed by atoms with E-state index < -0.39 is 112 Å². The summed E-state index contributed by atoms with van der Waals surface area (Å²) in [7, 11) is 2.13. The molecule has 1 fully saturated rings. The van der Waals surface area contributed by atoms with Gasteiger partial charge in [0.1, 0.15) is 48.0 Å². The first-order valence-corrected chi connectivity index (χ1v) is 27.7. The van der Waals surface area contributed by atoms with Crippen LogP contribution in [-0.4, -0.2) is 134 Å². The molecule has 9 atom stereocenters. The fourth-order valence-electron chi connectivity index (χ4n) is 9.03. The fraction of sp³-hybridized carbons (Fsp3) is 0.472. The van der Waals surface area contributed by atoms with E-state index in [1.54, 1.807) is 46.0 Å². The lowest BCUT2D eigenvalue weighted by Crippen LogP contribution is -2.64. The number of aromatic amines is 1. The molecule has 4 aromatic rings. The Morgan fingerprint density at radius 2 is 1.39 bits per heavy atom. The van der Waals surface area contributed by atoms with E-state index in [9.17, 15) is 48.6 Å². The number of rotatable bonds is 15. The van der Waals surface area contributed by atoms with Crippen molar-refractivity contribution in [2.75, 3.05) is 12.3 Å². The number of phenols is 1. The molecule has 23 heteroatoms. The highest BCUT2D eigenvalue weighted by molar-refractivity contribution is 8.77. The van der Waals surface area contributed by atoms with Crippen LogP contribution in [0.1, 0.15) is 76.1 Å². The zero-order valence-electron chi connectivity index (χ0n) is 43.3. The summed E-state index contributed by atoms with van der Waals surface area (Å²) in [5.41, 5.74) is 15.4. The molecule has 6 rings (SSSR count). The highest BCUT2D eigenvalue weighted by atomic mass is 33.1. The number of hydrogen-bond acceptors (Lipinski definition) is 14. The summed E-state index contributed by atoms with van der Waals surface area (Å²) in [6.07, 6.45) is 1.02. The molecule has 0 unspecified atom stereocenters. The van der Waals surface area contributed by atoms with Gasteiger partial charge in [-0.1, -0.05) is 90.0 Å². The van der Waals surface area contributed by atoms with Crippen LogP contribution in [0.5, 0.6) is 5.75 Å². The molecule has 0 bridgehead atoms. The van der Waals surface area contributed by atoms with Gasteiger partial charge in [0, 0.05) is 47.0 Å². The van der Waals surface area contributed by atoms with Gasteiger partial charge in [-0.25, -0.2) is 0 Å². The van der Waals surface area contributed by atoms with Gasteiger partial charge in [-0.05, 0) is 99.4 Å². The standard InChI is InChI=1S/C53H71N11O10S2/c1-28(2)42(45(55)67)62-52(74)44-53(4,5)76-75-27-41(61-47(69)38-23-31-12-6-7-13-32(31)25-57-38)50(72)59-39(22-30-17-19-34(66)20-18-30)48(70)60-40(24-33-26-56-36-15-9-8-14-35(33)36)49(71)58-37(16-10-11-21-54)46(68)63-43(29(3)65)51(73)64-44/h6-9,12-15,17-20,26,28-29,37-44,56-57,65-66H,10-11,16,21-25,27,54H2,1-5H3,(H2,55,67)(H,58,71)(H,59,72)(H,60,70)(H,61,69)(H,62,74)(H,63,68)(H,64,73)/t29-,37+,38-,39+,40+,41+,42+,43+,44-/m1/s1. The Morgan fingerprint density at radius 1 is 0.763 bits per heavy atom. The number of nitrogens with two attached hydrogens (primary N) is 2. The van der Waals surface area contributed by atoms with Crippen LogP contribution in [0.2, 0.25) is 0 Å². The summed E-state index contributed by atoms with van der Waals surface area (Å²) in [6, 6.07) is 10.4. The zero-order valence-corrected chi connectivity index (χ0v) is 44.9. The third-order valence-electron chi connectivity index (χ3n) is 13.4. The second kappa shape index (κ2) is 26.9. The molecule has 2 aliphatic rings. The van der Waals surface area contributed by atoms with Crippen LogP contribution in [0.4, 0.5) is 0 Å². The van der Waals surface area contributed by atoms with Gasteiger partial charge in [0.2, 0.25) is 47.3 Å². The van der Waals surface area contributed by atoms with Crippen LogP contribution in [0.25, 0.3) is 10.9 Å². The molecule has 3 heterocycles. The lowest BCUT2D eigenvalue weighted by molar-refractivity contribution is -0.137. The van der Waals surface area contributed by atoms with Crippen LogP contribution < -0.4 is 54.0 Å². The van der Waals surface area contributed by atoms with Crippen LogP contribution in [0, 0.1) is 5.92 Å². The Balaban J connectivity index is 1.43. The van der Waals surface area contributed by atoms with Gasteiger partial charge in [0.25, 0.3) is 0 Å². The summed E-state index contributed by atoms with van der Waals surface area (Å²) in [5.74, 6) is -7.07. The normalized spacial score (nSPS) is 23.8. The number of carbonyl (C=O) groups is 8. The molecule has 1 aromatic heterocycles. The molecule has 0 radical (unpaired) electrons. The average Bonchev–Trinajstić information content (AvgIpc) is 3.80. The minimum Gasteiger partial charge on any atom is -0.508 e. The number of phenolic OH excluding ortho intramolecular Hbond substituents is 1. The average molecular weight is 1090 g/mol. The van der Waals surface area contributed by atoms with Crippen molar-refractivity contribution in [3.8, 4) is 5.75 Å². The molecular weight excluding hydrogens is 1010 g/mol. The first-order valence-electron chi connectivity index (χ1n) is 25.4. The topological polar surface area (TPSA) is 341 Å². The summed E-state index contributed by atoms with van der Waals surface area (Å²) < 4.78 is -1.32. The van der Waals surface area contributed by atoms with E-state index in [1.165, 1.54) is 19.1 Å². The molecule has 0 saturated carbocycles. The SMILES string of the molecule is CC(C)[C@H](NC(=O)[C@H]1NC(=O)[C@H]([C@@H](C)O)NC(=O)[C@H](CCCCN)NC(=O)[C@H](Cc2c[nH]c3ccccc23)NC(=O)[C@H](Cc2ccc(O)cc2)NC(=O)[C@@H](NC(=O)[C@H]2Cc3ccccc3CN2)CSSC1(C)C)C(N)=O. The van der Waals surface area contributed by atoms with Gasteiger partial charge in [-0.15, -0.1) is 0 Å². The quantitative estimate of drug-likeness (QED) is 0.0573. The molecule has 76 heavy (non-hydrogen) atoms. The Bertz CT molecular complexity index is 2720. The number of benzene rings is 3. The van der Waals surface area contributed by atoms with Crippen LogP contribution in [-0.2, 0) is 64.2 Å². The number of aromatic hydroxyl groups is 1. The molecule has 0 spiro atoms. The van der Waals surface area contributed by atoms with E-state index in [4.69, 9.17) is 11.5 Å². The number of amides is 8. The summed E-state index contributed by atoms with van der Waals surface area (Å²) >= 11 is 0. The Hall–Kier alpha value is -6.66. The molecule has 3 aromatic carbocycles. The van der Waals surface area contributed by atoms with Crippen LogP contribution >= 0.6 is 21.6 Å². The molecule has 0 aliphatic carbocycles. The van der Waals surface area contributed by atoms with Gasteiger partial charge in [-0.3, -0.25) is 38.4 Å². The number of aliphatic hydroxyl groups is 1. The molecule has 15 N–H and O–H groups in total. The van der Waals surface area contributed by atoms with Gasteiger partial charge < -0.3 is 69.2 Å². The van der Waals surface area contributed by atoms with E-state index in [2.05, 4.69) is 47.5 Å². The van der Waals surface area contributed by atoms with Gasteiger partial charge in [-0.2, -0.15) is 0 Å². The second-order valence-electron chi connectivity index (χ2n) is 20.1. The van der Waals surface area contributed by atoms with E-state index in [1.807, 2.05) is 48.5 Å². The van der Waals surface area contributed by atoms with Crippen LogP contribution in [0.3, 0.4) is 0 Å². The number of aliphatic hydroxyl groups excluding tert-OH is 1. The number of nitrogens with one attached hydrogen (secondary N) is 9. The van der Waals surface area contributed by atoms with Crippen molar-refractivity contribution < 1.29 is 48.6 Å². The zero-order chi connectivity index (χ0) is 55.3. The van der Waals surface area contributed by atoms with E-state index in [-0.39, 0.29) is 37.3 Å². The summed E-state index contributed by atoms with van der Waals surface area (Å²) in [4.78, 5) is 118. The number of H-pyrrole nitrogens is 1. The Labute approximate surface area is 449 Å². The fourth-order valence-corrected chi connectivity index (χ4v) is 11.8. The van der Waals surface area contributed by atoms with Crippen molar-refractivity contribution in [3.05, 3.63) is 101 Å². The molecule has 21 nitrogen and oxygen atoms in total. The third kappa shape index (κ3) is 15.7. The maximum Gasteiger partial charge on any atom is 0.245 e. The Morgan fingerprint density at radius 3 is 2.07 bits per heavy atom. The highest BCUT2D eigenvalue weighted by Gasteiger charge is 2.43. The van der Waals surface area contributed by atoms with Crippen molar-refractivity contribution >= 4 is 79.7 Å². The number of carbonyl (C=O) groups excluding carboxylic acids is 8. The van der Waals surface area contributed by atoms with Gasteiger partial charge >= 0.3 is 0 Å². The largest absolute Gasteiger partial charge is 0.508 e. The lowest BCUT2D eigenvalue weighted by Gasteiger charge is -2.36. The predicted octanol–water partition coefficient (Wildman–Crippen LogP) is 0.592. The van der Waals surface area contributed by atoms with Crippen molar-refractivity contribution in [2.24, 2.45) is 17.4 Å². The molecule has 2 aliphatic heterocycles. The smallest absolute Gasteiger partial charge is 0.245 e. The van der Waals surface area contributed by atoms with E-state index in [0.29, 0.717) is 36.9 Å². The monoisotopic (exact) mass is 1090 g/mol. The Kier molecular flexibility index (Phi) is 20.7. The predicted molar refractivity (Wildman–Crippen MR) is 291 cm³/mol. The van der Waals surface area contributed by atoms with Gasteiger partial charge in [0.05, 0.1) is 12.1 Å². The first-order chi connectivity index (χ1) is 36.1. The number of fused-ring (bicyclic) bond motifs is 2. The number of unbranched alkanes of at least 4 members (excludes halogenated alkanes) is 1. The summed E-state index contributed by atoms with van der Waals surface area (Å²) in [5, 5.41) is 44.5. The molecule has 1 saturated heterocycles. The van der Waals surface area contributed by atoms with Crippen molar-refractivity contribution in [3.63, 3.8) is 0 Å². The number of primary amides is 1. The van der Waals surface area contributed by atoms with Gasteiger partial charge in [0.15, 0.2) is 0 Å². The molecule has 8 amide bonds. The van der Waals surface area contributed by atoms with Crippen molar-refractivity contribution in [1.29, 1.82) is 0 Å². The maximum absolute atomic E-state index is 14.9. The van der Waals surface area contributed by atoms with E-state index >= 15 is 0 Å². The first kappa shape index (κ1) is 58.6. The van der Waals surface area contributed by atoms with Crippen LogP contribution in [0.15, 0.2) is 79.0 Å².